The molecule has 2 N–H and O–H groups in total. The van der Waals surface area contributed by atoms with Gasteiger partial charge in [-0.1, -0.05) is 20.3 Å². The van der Waals surface area contributed by atoms with Gasteiger partial charge in [-0.3, -0.25) is 4.79 Å². The Morgan fingerprint density at radius 3 is 2.45 bits per heavy atom. The SMILES string of the molecule is CCCCOc1ccc(NC(=O)Nc2ccc3c(c2)CCC(=O)N3CCC)cc1. The van der Waals surface area contributed by atoms with Crippen LogP contribution in [-0.2, 0) is 11.2 Å². The minimum absolute atomic E-state index is 0.167. The molecule has 0 aliphatic carbocycles. The largest absolute Gasteiger partial charge is 0.494 e. The number of ether oxygens (including phenoxy) is 1. The second-order valence-electron chi connectivity index (χ2n) is 7.19. The van der Waals surface area contributed by atoms with E-state index < -0.39 is 0 Å². The Kier molecular flexibility index (Phi) is 7.11. The van der Waals surface area contributed by atoms with Crippen molar-refractivity contribution in [3.05, 3.63) is 48.0 Å². The summed E-state index contributed by atoms with van der Waals surface area (Å²) in [4.78, 5) is 26.3. The van der Waals surface area contributed by atoms with Gasteiger partial charge in [0.1, 0.15) is 5.75 Å². The van der Waals surface area contributed by atoms with Crippen LogP contribution in [0.1, 0.15) is 45.1 Å². The Morgan fingerprint density at radius 1 is 1.00 bits per heavy atom. The maximum absolute atomic E-state index is 12.3. The third-order valence-electron chi connectivity index (χ3n) is 4.86. The standard InChI is InChI=1S/C23H29N3O3/c1-3-5-15-29-20-10-7-18(8-11-20)24-23(28)25-19-9-12-21-17(16-19)6-13-22(27)26(21)14-4-2/h7-12,16H,3-6,13-15H2,1-2H3,(H2,24,25,28). The molecule has 0 saturated carbocycles. The van der Waals surface area contributed by atoms with Gasteiger partial charge in [-0.25, -0.2) is 4.79 Å². The van der Waals surface area contributed by atoms with Crippen molar-refractivity contribution < 1.29 is 14.3 Å². The van der Waals surface area contributed by atoms with E-state index in [2.05, 4.69) is 24.5 Å². The summed E-state index contributed by atoms with van der Waals surface area (Å²) in [5, 5.41) is 5.70. The Morgan fingerprint density at radius 2 is 1.72 bits per heavy atom. The van der Waals surface area contributed by atoms with Gasteiger partial charge >= 0.3 is 6.03 Å². The highest BCUT2D eigenvalue weighted by molar-refractivity contribution is 6.01. The van der Waals surface area contributed by atoms with Crippen LogP contribution in [0.25, 0.3) is 0 Å². The molecule has 3 rings (SSSR count). The van der Waals surface area contributed by atoms with Crippen LogP contribution in [0.2, 0.25) is 0 Å². The molecule has 3 amide bonds. The van der Waals surface area contributed by atoms with Crippen LogP contribution in [0, 0.1) is 0 Å². The molecule has 0 radical (unpaired) electrons. The normalized spacial score (nSPS) is 13.0. The molecule has 154 valence electrons. The molecule has 6 nitrogen and oxygen atoms in total. The molecule has 2 aromatic carbocycles. The number of carbonyl (C=O) groups is 2. The van der Waals surface area contributed by atoms with Gasteiger partial charge in [-0.15, -0.1) is 0 Å². The van der Waals surface area contributed by atoms with Crippen molar-refractivity contribution in [2.24, 2.45) is 0 Å². The molecule has 0 atom stereocenters. The predicted molar refractivity (Wildman–Crippen MR) is 117 cm³/mol. The van der Waals surface area contributed by atoms with Crippen LogP contribution in [-0.4, -0.2) is 25.1 Å². The summed E-state index contributed by atoms with van der Waals surface area (Å²) >= 11 is 0. The van der Waals surface area contributed by atoms with Gasteiger partial charge in [0.25, 0.3) is 0 Å². The first-order valence-corrected chi connectivity index (χ1v) is 10.3. The van der Waals surface area contributed by atoms with Gasteiger partial charge in [0.2, 0.25) is 5.91 Å². The number of rotatable bonds is 8. The van der Waals surface area contributed by atoms with Crippen molar-refractivity contribution in [1.29, 1.82) is 0 Å². The zero-order chi connectivity index (χ0) is 20.6. The topological polar surface area (TPSA) is 70.7 Å². The number of unbranched alkanes of at least 4 members (excludes halogenated alkanes) is 1. The van der Waals surface area contributed by atoms with E-state index in [0.29, 0.717) is 30.8 Å². The molecule has 0 fully saturated rings. The second-order valence-corrected chi connectivity index (χ2v) is 7.19. The number of hydrogen-bond acceptors (Lipinski definition) is 3. The molecule has 0 saturated heterocycles. The highest BCUT2D eigenvalue weighted by Crippen LogP contribution is 2.30. The van der Waals surface area contributed by atoms with E-state index in [0.717, 1.165) is 42.8 Å². The lowest BCUT2D eigenvalue weighted by atomic mass is 10.00. The number of fused-ring (bicyclic) bond motifs is 1. The van der Waals surface area contributed by atoms with E-state index in [-0.39, 0.29) is 11.9 Å². The van der Waals surface area contributed by atoms with Crippen molar-refractivity contribution in [2.45, 2.75) is 46.0 Å². The van der Waals surface area contributed by atoms with Crippen LogP contribution in [0.3, 0.4) is 0 Å². The Labute approximate surface area is 172 Å². The van der Waals surface area contributed by atoms with Crippen molar-refractivity contribution >= 4 is 29.0 Å². The molecule has 0 bridgehead atoms. The number of anilines is 3. The molecule has 1 heterocycles. The lowest BCUT2D eigenvalue weighted by Crippen LogP contribution is -2.35. The molecule has 0 aromatic heterocycles. The number of nitrogens with one attached hydrogen (secondary N) is 2. The number of urea groups is 1. The lowest BCUT2D eigenvalue weighted by molar-refractivity contribution is -0.118. The second kappa shape index (κ2) is 9.96. The number of hydrogen-bond donors (Lipinski definition) is 2. The summed E-state index contributed by atoms with van der Waals surface area (Å²) in [6, 6.07) is 12.7. The van der Waals surface area contributed by atoms with Gasteiger partial charge < -0.3 is 20.3 Å². The summed E-state index contributed by atoms with van der Waals surface area (Å²) in [6.45, 7) is 5.60. The predicted octanol–water partition coefficient (Wildman–Crippen LogP) is 5.20. The van der Waals surface area contributed by atoms with E-state index in [1.807, 2.05) is 47.4 Å². The average Bonchev–Trinajstić information content (AvgIpc) is 2.72. The highest BCUT2D eigenvalue weighted by Gasteiger charge is 2.23. The number of benzene rings is 2. The number of nitrogens with zero attached hydrogens (tertiary/aromatic N) is 1. The Hall–Kier alpha value is -3.02. The van der Waals surface area contributed by atoms with Crippen LogP contribution < -0.4 is 20.3 Å². The first kappa shape index (κ1) is 20.7. The quantitative estimate of drug-likeness (QED) is 0.604. The fourth-order valence-electron chi connectivity index (χ4n) is 3.37. The Balaban J connectivity index is 1.59. The van der Waals surface area contributed by atoms with Crippen LogP contribution in [0.15, 0.2) is 42.5 Å². The van der Waals surface area contributed by atoms with Gasteiger partial charge in [-0.05, 0) is 67.3 Å². The van der Waals surface area contributed by atoms with E-state index in [9.17, 15) is 9.59 Å². The maximum Gasteiger partial charge on any atom is 0.323 e. The minimum atomic E-state index is -0.304. The van der Waals surface area contributed by atoms with Crippen LogP contribution >= 0.6 is 0 Å². The number of amides is 3. The number of carbonyl (C=O) groups excluding carboxylic acids is 2. The van der Waals surface area contributed by atoms with Gasteiger partial charge in [0.05, 0.1) is 6.61 Å². The monoisotopic (exact) mass is 395 g/mol. The molecular weight excluding hydrogens is 366 g/mol. The maximum atomic E-state index is 12.3. The lowest BCUT2D eigenvalue weighted by Gasteiger charge is -2.29. The fraction of sp³-hybridized carbons (Fsp3) is 0.391. The summed E-state index contributed by atoms with van der Waals surface area (Å²) in [5.41, 5.74) is 3.45. The first-order chi connectivity index (χ1) is 14.1. The van der Waals surface area contributed by atoms with E-state index >= 15 is 0 Å². The third-order valence-corrected chi connectivity index (χ3v) is 4.86. The Bertz CT molecular complexity index is 849. The molecule has 2 aromatic rings. The molecular formula is C23H29N3O3. The van der Waals surface area contributed by atoms with E-state index in [1.165, 1.54) is 0 Å². The summed E-state index contributed by atoms with van der Waals surface area (Å²) in [7, 11) is 0. The van der Waals surface area contributed by atoms with Crippen molar-refractivity contribution in [2.75, 3.05) is 28.7 Å². The zero-order valence-corrected chi connectivity index (χ0v) is 17.2. The smallest absolute Gasteiger partial charge is 0.323 e. The van der Waals surface area contributed by atoms with E-state index in [1.54, 1.807) is 0 Å². The summed E-state index contributed by atoms with van der Waals surface area (Å²) < 4.78 is 5.63. The average molecular weight is 396 g/mol. The number of aryl methyl sites for hydroxylation is 1. The van der Waals surface area contributed by atoms with Gasteiger partial charge in [0, 0.05) is 30.0 Å². The third kappa shape index (κ3) is 5.50. The van der Waals surface area contributed by atoms with E-state index in [4.69, 9.17) is 4.74 Å². The van der Waals surface area contributed by atoms with Crippen molar-refractivity contribution in [3.8, 4) is 5.75 Å². The van der Waals surface area contributed by atoms with Crippen LogP contribution in [0.5, 0.6) is 5.75 Å². The molecule has 0 spiro atoms. The van der Waals surface area contributed by atoms with Gasteiger partial charge in [0.15, 0.2) is 0 Å². The molecule has 6 heteroatoms. The fourth-order valence-corrected chi connectivity index (χ4v) is 3.37. The van der Waals surface area contributed by atoms with Crippen LogP contribution in [0.4, 0.5) is 21.9 Å². The van der Waals surface area contributed by atoms with Crippen molar-refractivity contribution in [3.63, 3.8) is 0 Å². The molecule has 1 aliphatic rings. The molecule has 29 heavy (non-hydrogen) atoms. The minimum Gasteiger partial charge on any atom is -0.494 e. The summed E-state index contributed by atoms with van der Waals surface area (Å²) in [6.07, 6.45) is 4.24. The first-order valence-electron chi connectivity index (χ1n) is 10.3. The summed E-state index contributed by atoms with van der Waals surface area (Å²) in [5.74, 6) is 0.963. The van der Waals surface area contributed by atoms with Gasteiger partial charge in [-0.2, -0.15) is 0 Å². The van der Waals surface area contributed by atoms with Crippen molar-refractivity contribution in [1.82, 2.24) is 0 Å². The highest BCUT2D eigenvalue weighted by atomic mass is 16.5. The zero-order valence-electron chi connectivity index (χ0n) is 17.2. The molecule has 1 aliphatic heterocycles. The molecule has 0 unspecified atom stereocenters.